The number of aromatic nitrogens is 5. The van der Waals surface area contributed by atoms with E-state index in [1.807, 2.05) is 37.3 Å². The van der Waals surface area contributed by atoms with Gasteiger partial charge >= 0.3 is 5.97 Å². The molecule has 1 aromatic carbocycles. The second kappa shape index (κ2) is 12.9. The molecule has 12 nitrogen and oxygen atoms in total. The first-order valence-corrected chi connectivity index (χ1v) is 14.2. The summed E-state index contributed by atoms with van der Waals surface area (Å²) in [6.07, 6.45) is 3.55. The lowest BCUT2D eigenvalue weighted by Crippen LogP contribution is -2.45. The van der Waals surface area contributed by atoms with Gasteiger partial charge in [0.2, 0.25) is 5.95 Å². The van der Waals surface area contributed by atoms with Crippen LogP contribution in [0.3, 0.4) is 0 Å². The van der Waals surface area contributed by atoms with Gasteiger partial charge in [-0.25, -0.2) is 19.9 Å². The number of carbonyl (C=O) groups is 1. The van der Waals surface area contributed by atoms with Crippen molar-refractivity contribution in [3.63, 3.8) is 0 Å². The first-order chi connectivity index (χ1) is 20.6. The van der Waals surface area contributed by atoms with Crippen LogP contribution in [0.4, 0.5) is 29.0 Å². The van der Waals surface area contributed by atoms with Crippen molar-refractivity contribution in [1.82, 2.24) is 35.6 Å². The van der Waals surface area contributed by atoms with E-state index in [1.54, 1.807) is 24.5 Å². The molecule has 0 bridgehead atoms. The Morgan fingerprint density at radius 1 is 0.952 bits per heavy atom. The van der Waals surface area contributed by atoms with Crippen molar-refractivity contribution < 1.29 is 9.53 Å². The van der Waals surface area contributed by atoms with Crippen LogP contribution in [0.25, 0.3) is 11.5 Å². The molecule has 4 N–H and O–H groups in total. The van der Waals surface area contributed by atoms with Crippen molar-refractivity contribution in [2.24, 2.45) is 5.92 Å². The van der Waals surface area contributed by atoms with Gasteiger partial charge in [0.25, 0.3) is 0 Å². The molecule has 2 fully saturated rings. The summed E-state index contributed by atoms with van der Waals surface area (Å²) >= 11 is 0. The lowest BCUT2D eigenvalue weighted by molar-refractivity contribution is -0.144. The highest BCUT2D eigenvalue weighted by molar-refractivity contribution is 5.77. The van der Waals surface area contributed by atoms with E-state index < -0.39 is 0 Å². The fourth-order valence-corrected chi connectivity index (χ4v) is 4.87. The number of aryl methyl sites for hydroxylation is 1. The molecule has 3 aromatic heterocycles. The number of pyridine rings is 1. The van der Waals surface area contributed by atoms with E-state index in [9.17, 15) is 4.79 Å². The highest BCUT2D eigenvalue weighted by Gasteiger charge is 2.21. The van der Waals surface area contributed by atoms with Gasteiger partial charge in [-0.1, -0.05) is 6.07 Å². The number of anilines is 5. The molecule has 4 aromatic rings. The van der Waals surface area contributed by atoms with Crippen LogP contribution in [0.1, 0.15) is 11.3 Å². The molecule has 12 heteroatoms. The SMILES string of the molecule is Cc1cccc(-c2nccc(Nc3ccnc(Nc4ccc(N5CCNCC5)c(CC(=O)OCC5CNC5)c4)n3)n2)n1. The van der Waals surface area contributed by atoms with Crippen LogP contribution in [-0.4, -0.2) is 76.8 Å². The van der Waals surface area contributed by atoms with E-state index in [0.717, 1.165) is 61.9 Å². The molecular formula is C30H34N10O2. The Hall–Kier alpha value is -4.68. The standard InChI is InChI=1S/C30H34N10O2/c1-20-3-2-4-24(35-20)29-33-9-7-26(38-29)37-27-8-10-34-30(39-27)36-23-5-6-25(40-13-11-31-12-14-40)22(15-23)16-28(41)42-19-21-17-32-18-21/h2-10,15,21,31-32H,11-14,16-19H2,1H3,(H2,33,34,36,37,38,39). The van der Waals surface area contributed by atoms with Gasteiger partial charge in [-0.3, -0.25) is 4.79 Å². The number of esters is 1. The van der Waals surface area contributed by atoms with E-state index in [-0.39, 0.29) is 12.4 Å². The van der Waals surface area contributed by atoms with Gasteiger partial charge in [0, 0.05) is 74.6 Å². The Balaban J connectivity index is 1.17. The van der Waals surface area contributed by atoms with Crippen molar-refractivity contribution in [2.45, 2.75) is 13.3 Å². The molecule has 0 aliphatic carbocycles. The average Bonchev–Trinajstić information content (AvgIpc) is 2.97. The van der Waals surface area contributed by atoms with Gasteiger partial charge in [-0.2, -0.15) is 4.98 Å². The molecule has 0 radical (unpaired) electrons. The zero-order valence-corrected chi connectivity index (χ0v) is 23.5. The summed E-state index contributed by atoms with van der Waals surface area (Å²) in [5.41, 5.74) is 4.34. The van der Waals surface area contributed by atoms with E-state index >= 15 is 0 Å². The van der Waals surface area contributed by atoms with Gasteiger partial charge in [0.1, 0.15) is 17.3 Å². The number of rotatable bonds is 10. The molecule has 0 spiro atoms. The molecule has 0 atom stereocenters. The first kappa shape index (κ1) is 27.5. The maximum atomic E-state index is 12.8. The van der Waals surface area contributed by atoms with Crippen molar-refractivity contribution >= 4 is 34.9 Å². The molecule has 42 heavy (non-hydrogen) atoms. The lowest BCUT2D eigenvalue weighted by atomic mass is 10.0. The number of nitrogens with zero attached hydrogens (tertiary/aromatic N) is 6. The normalized spacial score (nSPS) is 15.1. The summed E-state index contributed by atoms with van der Waals surface area (Å²) in [4.78, 5) is 37.6. The van der Waals surface area contributed by atoms with Crippen molar-refractivity contribution in [2.75, 3.05) is 61.4 Å². The third kappa shape index (κ3) is 6.96. The number of piperazine rings is 1. The van der Waals surface area contributed by atoms with E-state index in [1.165, 1.54) is 0 Å². The maximum Gasteiger partial charge on any atom is 0.310 e. The largest absolute Gasteiger partial charge is 0.465 e. The van der Waals surface area contributed by atoms with Crippen LogP contribution < -0.4 is 26.2 Å². The summed E-state index contributed by atoms with van der Waals surface area (Å²) in [6.45, 7) is 7.75. The minimum absolute atomic E-state index is 0.198. The summed E-state index contributed by atoms with van der Waals surface area (Å²) < 4.78 is 5.59. The monoisotopic (exact) mass is 566 g/mol. The van der Waals surface area contributed by atoms with Gasteiger partial charge in [0.05, 0.1) is 13.0 Å². The Kier molecular flexibility index (Phi) is 8.43. The van der Waals surface area contributed by atoms with Crippen molar-refractivity contribution in [3.05, 3.63) is 72.2 Å². The molecule has 216 valence electrons. The average molecular weight is 567 g/mol. The van der Waals surface area contributed by atoms with Crippen molar-refractivity contribution in [3.8, 4) is 11.5 Å². The quantitative estimate of drug-likeness (QED) is 0.210. The van der Waals surface area contributed by atoms with Crippen LogP contribution in [-0.2, 0) is 16.0 Å². The fourth-order valence-electron chi connectivity index (χ4n) is 4.87. The third-order valence-electron chi connectivity index (χ3n) is 7.16. The topological polar surface area (TPSA) is 142 Å². The van der Waals surface area contributed by atoms with E-state index in [2.05, 4.69) is 57.2 Å². The van der Waals surface area contributed by atoms with Crippen LogP contribution in [0.15, 0.2) is 60.9 Å². The fraction of sp³-hybridized carbons (Fsp3) is 0.333. The molecule has 5 heterocycles. The zero-order chi connectivity index (χ0) is 28.7. The first-order valence-electron chi connectivity index (χ1n) is 14.2. The maximum absolute atomic E-state index is 12.8. The Bertz CT molecular complexity index is 1540. The van der Waals surface area contributed by atoms with Gasteiger partial charge in [-0.15, -0.1) is 0 Å². The van der Waals surface area contributed by atoms with E-state index in [4.69, 9.17) is 4.74 Å². The molecule has 2 aliphatic rings. The van der Waals surface area contributed by atoms with Crippen LogP contribution in [0.5, 0.6) is 0 Å². The minimum Gasteiger partial charge on any atom is -0.465 e. The van der Waals surface area contributed by atoms with Gasteiger partial charge < -0.3 is 30.9 Å². The van der Waals surface area contributed by atoms with E-state index in [0.29, 0.717) is 41.6 Å². The molecule has 0 saturated carbocycles. The number of ether oxygens (including phenoxy) is 1. The number of hydrogen-bond donors (Lipinski definition) is 4. The zero-order valence-electron chi connectivity index (χ0n) is 23.5. The third-order valence-corrected chi connectivity index (χ3v) is 7.16. The number of nitrogens with one attached hydrogen (secondary N) is 4. The lowest BCUT2D eigenvalue weighted by Gasteiger charge is -2.31. The van der Waals surface area contributed by atoms with Crippen molar-refractivity contribution in [1.29, 1.82) is 0 Å². The van der Waals surface area contributed by atoms with Gasteiger partial charge in [0.15, 0.2) is 5.82 Å². The molecule has 0 amide bonds. The summed E-state index contributed by atoms with van der Waals surface area (Å²) in [7, 11) is 0. The highest BCUT2D eigenvalue weighted by atomic mass is 16.5. The Labute approximate surface area is 244 Å². The summed E-state index contributed by atoms with van der Waals surface area (Å²) in [5.74, 6) is 2.28. The van der Waals surface area contributed by atoms with Crippen LogP contribution in [0, 0.1) is 12.8 Å². The van der Waals surface area contributed by atoms with Crippen LogP contribution in [0.2, 0.25) is 0 Å². The molecular weight excluding hydrogens is 532 g/mol. The molecule has 6 rings (SSSR count). The summed E-state index contributed by atoms with van der Waals surface area (Å²) in [6, 6.07) is 15.3. The smallest absolute Gasteiger partial charge is 0.310 e. The number of benzene rings is 1. The molecule has 2 saturated heterocycles. The number of carbonyl (C=O) groups excluding carboxylic acids is 1. The van der Waals surface area contributed by atoms with Gasteiger partial charge in [-0.05, 0) is 55.0 Å². The molecule has 2 aliphatic heterocycles. The second-order valence-electron chi connectivity index (χ2n) is 10.4. The predicted octanol–water partition coefficient (Wildman–Crippen LogP) is 2.84. The number of hydrogen-bond acceptors (Lipinski definition) is 12. The summed E-state index contributed by atoms with van der Waals surface area (Å²) in [5, 5.41) is 13.1. The predicted molar refractivity (Wildman–Crippen MR) is 161 cm³/mol. The Morgan fingerprint density at radius 3 is 2.55 bits per heavy atom. The highest BCUT2D eigenvalue weighted by Crippen LogP contribution is 2.27. The van der Waals surface area contributed by atoms with Crippen LogP contribution >= 0.6 is 0 Å². The second-order valence-corrected chi connectivity index (χ2v) is 10.4. The Morgan fingerprint density at radius 2 is 1.76 bits per heavy atom. The minimum atomic E-state index is -0.219. The molecule has 0 unspecified atom stereocenters.